The number of benzene rings is 2. The van der Waals surface area contributed by atoms with Crippen LogP contribution < -0.4 is 20.9 Å². The van der Waals surface area contributed by atoms with Crippen LogP contribution in [0.3, 0.4) is 0 Å². The minimum absolute atomic E-state index is 0.0225. The first-order chi connectivity index (χ1) is 13.2. The number of anilines is 1. The second-order valence-corrected chi connectivity index (χ2v) is 6.75. The molecule has 0 saturated carbocycles. The SMILES string of the molecule is N#CCCCOc1cccc(NC(=O)C2CC(c3cccc(Cl)c3)NN2)c1. The van der Waals surface area contributed by atoms with Crippen LogP contribution >= 0.6 is 11.6 Å². The van der Waals surface area contributed by atoms with E-state index in [4.69, 9.17) is 21.6 Å². The van der Waals surface area contributed by atoms with Gasteiger partial charge < -0.3 is 10.1 Å². The fraction of sp³-hybridized carbons (Fsp3) is 0.300. The van der Waals surface area contributed by atoms with Gasteiger partial charge in [-0.05, 0) is 42.7 Å². The molecule has 1 aliphatic heterocycles. The standard InChI is InChI=1S/C20H21ClN4O2/c21-15-6-3-5-14(11-15)18-13-19(25-24-18)20(26)23-16-7-4-8-17(12-16)27-10-2-1-9-22/h3-8,11-12,18-19,24-25H,1-2,10,13H2,(H,23,26). The van der Waals surface area contributed by atoms with Crippen LogP contribution in [-0.2, 0) is 4.79 Å². The number of hydrogen-bond acceptors (Lipinski definition) is 5. The molecular weight excluding hydrogens is 364 g/mol. The molecule has 2 atom stereocenters. The number of nitrogens with one attached hydrogen (secondary N) is 3. The molecule has 2 unspecified atom stereocenters. The lowest BCUT2D eigenvalue weighted by Gasteiger charge is -2.12. The fourth-order valence-electron chi connectivity index (χ4n) is 2.90. The third-order valence-corrected chi connectivity index (χ3v) is 4.51. The predicted molar refractivity (Wildman–Crippen MR) is 104 cm³/mol. The fourth-order valence-corrected chi connectivity index (χ4v) is 3.10. The average Bonchev–Trinajstić information content (AvgIpc) is 3.16. The maximum absolute atomic E-state index is 12.6. The van der Waals surface area contributed by atoms with E-state index in [1.807, 2.05) is 42.5 Å². The van der Waals surface area contributed by atoms with Gasteiger partial charge in [0.25, 0.3) is 0 Å². The first-order valence-electron chi connectivity index (χ1n) is 8.83. The molecule has 0 aromatic heterocycles. The van der Waals surface area contributed by atoms with Gasteiger partial charge in [0.05, 0.1) is 12.7 Å². The summed E-state index contributed by atoms with van der Waals surface area (Å²) in [7, 11) is 0. The quantitative estimate of drug-likeness (QED) is 0.635. The number of carbonyl (C=O) groups is 1. The molecule has 0 bridgehead atoms. The van der Waals surface area contributed by atoms with Crippen molar-refractivity contribution in [3.8, 4) is 11.8 Å². The Morgan fingerprint density at radius 3 is 2.93 bits per heavy atom. The molecule has 1 fully saturated rings. The van der Waals surface area contributed by atoms with Crippen molar-refractivity contribution in [1.82, 2.24) is 10.9 Å². The molecule has 0 radical (unpaired) electrons. The second kappa shape index (κ2) is 9.38. The summed E-state index contributed by atoms with van der Waals surface area (Å²) in [5.74, 6) is 0.550. The Bertz CT molecular complexity index is 837. The first-order valence-corrected chi connectivity index (χ1v) is 9.20. The van der Waals surface area contributed by atoms with Crippen molar-refractivity contribution in [3.63, 3.8) is 0 Å². The zero-order chi connectivity index (χ0) is 19.1. The molecule has 1 heterocycles. The minimum Gasteiger partial charge on any atom is -0.493 e. The van der Waals surface area contributed by atoms with Crippen molar-refractivity contribution >= 4 is 23.2 Å². The summed E-state index contributed by atoms with van der Waals surface area (Å²) in [6.45, 7) is 0.473. The van der Waals surface area contributed by atoms with Gasteiger partial charge in [-0.1, -0.05) is 29.8 Å². The lowest BCUT2D eigenvalue weighted by molar-refractivity contribution is -0.117. The van der Waals surface area contributed by atoms with Crippen LogP contribution in [0.4, 0.5) is 5.69 Å². The van der Waals surface area contributed by atoms with Crippen molar-refractivity contribution in [3.05, 3.63) is 59.1 Å². The van der Waals surface area contributed by atoms with Crippen molar-refractivity contribution < 1.29 is 9.53 Å². The maximum atomic E-state index is 12.6. The van der Waals surface area contributed by atoms with Crippen LogP contribution in [-0.4, -0.2) is 18.6 Å². The highest BCUT2D eigenvalue weighted by atomic mass is 35.5. The summed E-state index contributed by atoms with van der Waals surface area (Å²) >= 11 is 6.04. The molecule has 0 spiro atoms. The molecule has 2 aromatic rings. The van der Waals surface area contributed by atoms with Crippen LogP contribution in [0.15, 0.2) is 48.5 Å². The van der Waals surface area contributed by atoms with Crippen molar-refractivity contribution in [2.24, 2.45) is 0 Å². The van der Waals surface area contributed by atoms with Crippen molar-refractivity contribution in [2.75, 3.05) is 11.9 Å². The Labute approximate surface area is 163 Å². The summed E-state index contributed by atoms with van der Waals surface area (Å²) in [5, 5.41) is 12.1. The summed E-state index contributed by atoms with van der Waals surface area (Å²) in [6, 6.07) is 16.6. The van der Waals surface area contributed by atoms with E-state index < -0.39 is 0 Å². The molecule has 1 amide bonds. The zero-order valence-corrected chi connectivity index (χ0v) is 15.5. The highest BCUT2D eigenvalue weighted by molar-refractivity contribution is 6.30. The molecular formula is C20H21ClN4O2. The predicted octanol–water partition coefficient (Wildman–Crippen LogP) is 3.57. The van der Waals surface area contributed by atoms with Gasteiger partial charge >= 0.3 is 0 Å². The van der Waals surface area contributed by atoms with Crippen LogP contribution in [0.2, 0.25) is 5.02 Å². The van der Waals surface area contributed by atoms with Gasteiger partial charge in [0.1, 0.15) is 11.8 Å². The van der Waals surface area contributed by atoms with E-state index in [0.717, 1.165) is 5.56 Å². The molecule has 7 heteroatoms. The highest BCUT2D eigenvalue weighted by Crippen LogP contribution is 2.25. The van der Waals surface area contributed by atoms with E-state index in [9.17, 15) is 4.79 Å². The van der Waals surface area contributed by atoms with E-state index in [-0.39, 0.29) is 18.0 Å². The number of carbonyl (C=O) groups excluding carboxylic acids is 1. The highest BCUT2D eigenvalue weighted by Gasteiger charge is 2.30. The van der Waals surface area contributed by atoms with E-state index in [1.54, 1.807) is 6.07 Å². The molecule has 1 saturated heterocycles. The molecule has 6 nitrogen and oxygen atoms in total. The van der Waals surface area contributed by atoms with Gasteiger partial charge in [0.15, 0.2) is 0 Å². The second-order valence-electron chi connectivity index (χ2n) is 6.31. The summed E-state index contributed by atoms with van der Waals surface area (Å²) in [4.78, 5) is 12.6. The third-order valence-electron chi connectivity index (χ3n) is 4.27. The minimum atomic E-state index is -0.353. The lowest BCUT2D eigenvalue weighted by Crippen LogP contribution is -2.39. The molecule has 3 N–H and O–H groups in total. The topological polar surface area (TPSA) is 86.2 Å². The van der Waals surface area contributed by atoms with Crippen molar-refractivity contribution in [1.29, 1.82) is 5.26 Å². The maximum Gasteiger partial charge on any atom is 0.242 e. The smallest absolute Gasteiger partial charge is 0.242 e. The van der Waals surface area contributed by atoms with Crippen LogP contribution in [0.1, 0.15) is 30.9 Å². The number of nitrogens with zero attached hydrogens (tertiary/aromatic N) is 1. The number of rotatable bonds is 7. The number of nitriles is 1. The molecule has 3 rings (SSSR count). The van der Waals surface area contributed by atoms with E-state index >= 15 is 0 Å². The van der Waals surface area contributed by atoms with E-state index in [0.29, 0.717) is 42.3 Å². The summed E-state index contributed by atoms with van der Waals surface area (Å²) in [5.41, 5.74) is 7.90. The lowest BCUT2D eigenvalue weighted by atomic mass is 10.0. The summed E-state index contributed by atoms with van der Waals surface area (Å²) < 4.78 is 5.60. The van der Waals surface area contributed by atoms with Crippen LogP contribution in [0.5, 0.6) is 5.75 Å². The number of hydrazine groups is 1. The van der Waals surface area contributed by atoms with Gasteiger partial charge in [-0.25, -0.2) is 10.9 Å². The number of hydrogen-bond donors (Lipinski definition) is 3. The first kappa shape index (κ1) is 19.2. The monoisotopic (exact) mass is 384 g/mol. The Kier molecular flexibility index (Phi) is 6.66. The molecule has 0 aliphatic carbocycles. The Balaban J connectivity index is 1.54. The molecule has 1 aliphatic rings. The van der Waals surface area contributed by atoms with Crippen LogP contribution in [0.25, 0.3) is 0 Å². The molecule has 27 heavy (non-hydrogen) atoms. The van der Waals surface area contributed by atoms with Gasteiger partial charge in [0.2, 0.25) is 5.91 Å². The normalized spacial score (nSPS) is 18.7. The van der Waals surface area contributed by atoms with Gasteiger partial charge in [-0.2, -0.15) is 5.26 Å². The van der Waals surface area contributed by atoms with Crippen molar-refractivity contribution in [2.45, 2.75) is 31.3 Å². The number of halogens is 1. The Morgan fingerprint density at radius 1 is 1.26 bits per heavy atom. The van der Waals surface area contributed by atoms with Gasteiger partial charge in [-0.3, -0.25) is 4.79 Å². The number of ether oxygens (including phenoxy) is 1. The number of unbranched alkanes of at least 4 members (excludes halogenated alkanes) is 1. The Hall–Kier alpha value is -2.59. The molecule has 140 valence electrons. The molecule has 2 aromatic carbocycles. The van der Waals surface area contributed by atoms with Gasteiger partial charge in [0, 0.05) is 29.2 Å². The van der Waals surface area contributed by atoms with E-state index in [1.165, 1.54) is 0 Å². The largest absolute Gasteiger partial charge is 0.493 e. The summed E-state index contributed by atoms with van der Waals surface area (Å²) in [6.07, 6.45) is 1.76. The van der Waals surface area contributed by atoms with E-state index in [2.05, 4.69) is 22.2 Å². The zero-order valence-electron chi connectivity index (χ0n) is 14.7. The Morgan fingerprint density at radius 2 is 2.11 bits per heavy atom. The number of amides is 1. The van der Waals surface area contributed by atoms with Gasteiger partial charge in [-0.15, -0.1) is 0 Å². The van der Waals surface area contributed by atoms with Crippen LogP contribution in [0, 0.1) is 11.3 Å². The average molecular weight is 385 g/mol. The third kappa shape index (κ3) is 5.44.